The summed E-state index contributed by atoms with van der Waals surface area (Å²) in [6.07, 6.45) is 12.2. The molecule has 3 nitrogen and oxygen atoms in total. The van der Waals surface area contributed by atoms with E-state index in [4.69, 9.17) is 4.74 Å². The lowest BCUT2D eigenvalue weighted by atomic mass is 10.0. The SMILES string of the molecule is Cc1cc2c(c3ncccc13)OCN(CCC1=CCCCCC1)C2. The normalized spacial score (nSPS) is 18.6. The molecule has 4 rings (SSSR count). The van der Waals surface area contributed by atoms with E-state index in [0.29, 0.717) is 6.73 Å². The molecule has 1 aromatic carbocycles. The lowest BCUT2D eigenvalue weighted by Gasteiger charge is -2.30. The Bertz CT molecular complexity index is 766. The summed E-state index contributed by atoms with van der Waals surface area (Å²) >= 11 is 0. The smallest absolute Gasteiger partial charge is 0.152 e. The summed E-state index contributed by atoms with van der Waals surface area (Å²) in [5.41, 5.74) is 5.22. The van der Waals surface area contributed by atoms with Crippen molar-refractivity contribution in [3.05, 3.63) is 47.2 Å². The van der Waals surface area contributed by atoms with Gasteiger partial charge in [-0.1, -0.05) is 30.2 Å². The molecule has 1 aromatic heterocycles. The van der Waals surface area contributed by atoms with E-state index >= 15 is 0 Å². The first-order valence-corrected chi connectivity index (χ1v) is 9.21. The lowest BCUT2D eigenvalue weighted by Crippen LogP contribution is -2.33. The number of hydrogen-bond acceptors (Lipinski definition) is 3. The Balaban J connectivity index is 1.48. The van der Waals surface area contributed by atoms with E-state index in [1.807, 2.05) is 12.3 Å². The zero-order chi connectivity index (χ0) is 16.4. The Kier molecular flexibility index (Phi) is 4.52. The van der Waals surface area contributed by atoms with Crippen LogP contribution >= 0.6 is 0 Å². The molecule has 0 spiro atoms. The average Bonchev–Trinajstić information content (AvgIpc) is 2.89. The Morgan fingerprint density at radius 1 is 1.25 bits per heavy atom. The van der Waals surface area contributed by atoms with Gasteiger partial charge in [-0.15, -0.1) is 0 Å². The third-order valence-electron chi connectivity index (χ3n) is 5.30. The molecule has 2 aliphatic rings. The number of aromatic nitrogens is 1. The van der Waals surface area contributed by atoms with Crippen LogP contribution in [0.25, 0.3) is 10.9 Å². The maximum atomic E-state index is 6.11. The van der Waals surface area contributed by atoms with Crippen LogP contribution in [-0.2, 0) is 6.54 Å². The molecule has 3 heteroatoms. The number of allylic oxidation sites excluding steroid dienone is 1. The molecule has 24 heavy (non-hydrogen) atoms. The number of benzene rings is 1. The topological polar surface area (TPSA) is 25.4 Å². The molecule has 2 aromatic rings. The van der Waals surface area contributed by atoms with Crippen molar-refractivity contribution in [2.75, 3.05) is 13.3 Å². The van der Waals surface area contributed by atoms with E-state index in [0.717, 1.165) is 24.4 Å². The summed E-state index contributed by atoms with van der Waals surface area (Å²) in [4.78, 5) is 6.98. The average molecular weight is 322 g/mol. The molecular weight excluding hydrogens is 296 g/mol. The third kappa shape index (κ3) is 3.18. The minimum absolute atomic E-state index is 0.676. The first-order chi connectivity index (χ1) is 11.8. The quantitative estimate of drug-likeness (QED) is 0.746. The van der Waals surface area contributed by atoms with Crippen molar-refractivity contribution in [1.82, 2.24) is 9.88 Å². The number of ether oxygens (including phenoxy) is 1. The molecule has 0 saturated carbocycles. The Morgan fingerprint density at radius 2 is 2.21 bits per heavy atom. The fourth-order valence-corrected chi connectivity index (χ4v) is 3.94. The fraction of sp³-hybridized carbons (Fsp3) is 0.476. The van der Waals surface area contributed by atoms with Gasteiger partial charge in [-0.25, -0.2) is 0 Å². The van der Waals surface area contributed by atoms with Gasteiger partial charge in [0.1, 0.15) is 12.2 Å². The number of nitrogens with zero attached hydrogens (tertiary/aromatic N) is 2. The van der Waals surface area contributed by atoms with Crippen LogP contribution in [0, 0.1) is 6.92 Å². The molecule has 0 amide bonds. The first-order valence-electron chi connectivity index (χ1n) is 9.21. The van der Waals surface area contributed by atoms with Gasteiger partial charge < -0.3 is 4.74 Å². The number of hydrogen-bond donors (Lipinski definition) is 0. The third-order valence-corrected chi connectivity index (χ3v) is 5.30. The van der Waals surface area contributed by atoms with Crippen LogP contribution in [0.15, 0.2) is 36.0 Å². The molecule has 0 saturated heterocycles. The molecule has 0 fully saturated rings. The highest BCUT2D eigenvalue weighted by Gasteiger charge is 2.21. The number of pyridine rings is 1. The summed E-state index contributed by atoms with van der Waals surface area (Å²) in [7, 11) is 0. The monoisotopic (exact) mass is 322 g/mol. The van der Waals surface area contributed by atoms with Gasteiger partial charge in [0.2, 0.25) is 0 Å². The molecule has 0 bridgehead atoms. The molecule has 126 valence electrons. The van der Waals surface area contributed by atoms with Crippen molar-refractivity contribution in [3.8, 4) is 5.75 Å². The molecule has 0 unspecified atom stereocenters. The fourth-order valence-electron chi connectivity index (χ4n) is 3.94. The lowest BCUT2D eigenvalue weighted by molar-refractivity contribution is 0.0977. The largest absolute Gasteiger partial charge is 0.475 e. The Labute approximate surface area is 144 Å². The van der Waals surface area contributed by atoms with E-state index in [2.05, 4.69) is 35.0 Å². The minimum Gasteiger partial charge on any atom is -0.475 e. The van der Waals surface area contributed by atoms with Crippen molar-refractivity contribution >= 4 is 10.9 Å². The van der Waals surface area contributed by atoms with E-state index in [-0.39, 0.29) is 0 Å². The van der Waals surface area contributed by atoms with Gasteiger partial charge in [0, 0.05) is 30.2 Å². The minimum atomic E-state index is 0.676. The summed E-state index contributed by atoms with van der Waals surface area (Å²) in [6.45, 7) is 4.90. The predicted molar refractivity (Wildman–Crippen MR) is 98.2 cm³/mol. The molecular formula is C21H26N2O. The molecule has 1 aliphatic carbocycles. The molecule has 1 aliphatic heterocycles. The maximum absolute atomic E-state index is 6.11. The van der Waals surface area contributed by atoms with E-state index < -0.39 is 0 Å². The van der Waals surface area contributed by atoms with Crippen molar-refractivity contribution in [2.24, 2.45) is 0 Å². The first kappa shape index (κ1) is 15.6. The highest BCUT2D eigenvalue weighted by molar-refractivity contribution is 5.88. The van der Waals surface area contributed by atoms with E-state index in [1.54, 1.807) is 5.57 Å². The number of aryl methyl sites for hydroxylation is 1. The van der Waals surface area contributed by atoms with Gasteiger partial charge in [-0.05, 0) is 50.7 Å². The second-order valence-electron chi connectivity index (χ2n) is 7.12. The van der Waals surface area contributed by atoms with Gasteiger partial charge in [0.15, 0.2) is 5.75 Å². The zero-order valence-corrected chi connectivity index (χ0v) is 14.6. The van der Waals surface area contributed by atoms with Gasteiger partial charge >= 0.3 is 0 Å². The van der Waals surface area contributed by atoms with Crippen LogP contribution in [0.5, 0.6) is 5.75 Å². The van der Waals surface area contributed by atoms with Crippen molar-refractivity contribution in [1.29, 1.82) is 0 Å². The van der Waals surface area contributed by atoms with Crippen LogP contribution in [0.1, 0.15) is 49.7 Å². The highest BCUT2D eigenvalue weighted by atomic mass is 16.5. The van der Waals surface area contributed by atoms with Crippen LogP contribution < -0.4 is 4.74 Å². The summed E-state index contributed by atoms with van der Waals surface area (Å²) in [5, 5.41) is 1.20. The number of rotatable bonds is 3. The second-order valence-corrected chi connectivity index (χ2v) is 7.12. The van der Waals surface area contributed by atoms with Crippen LogP contribution in [-0.4, -0.2) is 23.2 Å². The standard InChI is InChI=1S/C21H26N2O/c1-16-13-18-14-23(12-10-17-7-4-2-3-5-8-17)15-24-21(18)20-19(16)9-6-11-22-20/h6-7,9,11,13H,2-5,8,10,12,14-15H2,1H3. The van der Waals surface area contributed by atoms with Crippen molar-refractivity contribution < 1.29 is 4.74 Å². The van der Waals surface area contributed by atoms with Gasteiger partial charge in [0.25, 0.3) is 0 Å². The van der Waals surface area contributed by atoms with E-state index in [9.17, 15) is 0 Å². The zero-order valence-electron chi connectivity index (χ0n) is 14.6. The number of fused-ring (bicyclic) bond motifs is 3. The molecule has 0 radical (unpaired) electrons. The van der Waals surface area contributed by atoms with Gasteiger partial charge in [-0.2, -0.15) is 0 Å². The summed E-state index contributed by atoms with van der Waals surface area (Å²) < 4.78 is 6.11. The van der Waals surface area contributed by atoms with Gasteiger partial charge in [0.05, 0.1) is 0 Å². The second kappa shape index (κ2) is 6.94. The van der Waals surface area contributed by atoms with Crippen LogP contribution in [0.4, 0.5) is 0 Å². The Morgan fingerprint density at radius 3 is 3.17 bits per heavy atom. The van der Waals surface area contributed by atoms with E-state index in [1.165, 1.54) is 55.0 Å². The van der Waals surface area contributed by atoms with Crippen molar-refractivity contribution in [2.45, 2.75) is 52.0 Å². The molecule has 0 atom stereocenters. The Hall–Kier alpha value is -1.87. The van der Waals surface area contributed by atoms with Gasteiger partial charge in [-0.3, -0.25) is 9.88 Å². The van der Waals surface area contributed by atoms with Crippen molar-refractivity contribution in [3.63, 3.8) is 0 Å². The molecule has 0 N–H and O–H groups in total. The van der Waals surface area contributed by atoms with Crippen LogP contribution in [0.2, 0.25) is 0 Å². The summed E-state index contributed by atoms with van der Waals surface area (Å²) in [6, 6.07) is 6.40. The predicted octanol–water partition coefficient (Wildman–Crippen LogP) is 4.98. The highest BCUT2D eigenvalue weighted by Crippen LogP contribution is 2.34. The van der Waals surface area contributed by atoms with Crippen LogP contribution in [0.3, 0.4) is 0 Å². The summed E-state index contributed by atoms with van der Waals surface area (Å²) in [5.74, 6) is 0.987. The maximum Gasteiger partial charge on any atom is 0.152 e. The molecule has 2 heterocycles.